The molecular formula is C11H11F3INO4. The van der Waals surface area contributed by atoms with Crippen LogP contribution in [0.4, 0.5) is 13.2 Å². The Morgan fingerprint density at radius 1 is 1.45 bits per heavy atom. The molecular weight excluding hydrogens is 394 g/mol. The molecule has 0 bridgehead atoms. The normalized spacial score (nSPS) is 11.1. The number of carbonyl (C=O) groups excluding carboxylic acids is 1. The van der Waals surface area contributed by atoms with E-state index in [-0.39, 0.29) is 18.2 Å². The Bertz CT molecular complexity index is 493. The summed E-state index contributed by atoms with van der Waals surface area (Å²) in [4.78, 5) is 15.2. The lowest BCUT2D eigenvalue weighted by Gasteiger charge is -2.14. The quantitative estimate of drug-likeness (QED) is 0.557. The zero-order valence-electron chi connectivity index (χ0n) is 10.6. The van der Waals surface area contributed by atoms with Crippen LogP contribution >= 0.6 is 22.6 Å². The highest BCUT2D eigenvalue weighted by molar-refractivity contribution is 14.1. The second-order valence-electron chi connectivity index (χ2n) is 3.45. The SMILES string of the molecule is CCOC(=O)Cc1nc(OC)c(I)cc1OC(F)(F)F. The van der Waals surface area contributed by atoms with Gasteiger partial charge >= 0.3 is 12.3 Å². The molecule has 0 saturated carbocycles. The molecule has 0 aliphatic rings. The maximum Gasteiger partial charge on any atom is 0.573 e. The summed E-state index contributed by atoms with van der Waals surface area (Å²) < 4.78 is 50.7. The second kappa shape index (κ2) is 6.95. The van der Waals surface area contributed by atoms with E-state index in [9.17, 15) is 18.0 Å². The molecule has 5 nitrogen and oxygen atoms in total. The molecule has 0 fully saturated rings. The van der Waals surface area contributed by atoms with Crippen molar-refractivity contribution in [2.24, 2.45) is 0 Å². The number of alkyl halides is 3. The summed E-state index contributed by atoms with van der Waals surface area (Å²) in [6.45, 7) is 1.71. The van der Waals surface area contributed by atoms with E-state index < -0.39 is 24.5 Å². The third-order valence-electron chi connectivity index (χ3n) is 2.02. The topological polar surface area (TPSA) is 57.7 Å². The minimum atomic E-state index is -4.87. The Kier molecular flexibility index (Phi) is 5.84. The molecule has 9 heteroatoms. The number of hydrogen-bond acceptors (Lipinski definition) is 5. The van der Waals surface area contributed by atoms with E-state index >= 15 is 0 Å². The predicted molar refractivity (Wildman–Crippen MR) is 70.5 cm³/mol. The number of methoxy groups -OCH3 is 1. The summed E-state index contributed by atoms with van der Waals surface area (Å²) in [5.41, 5.74) is -0.196. The molecule has 0 atom stereocenters. The van der Waals surface area contributed by atoms with Gasteiger partial charge in [0, 0.05) is 6.07 Å². The van der Waals surface area contributed by atoms with Crippen molar-refractivity contribution in [3.63, 3.8) is 0 Å². The number of nitrogens with zero attached hydrogens (tertiary/aromatic N) is 1. The van der Waals surface area contributed by atoms with Crippen LogP contribution in [0, 0.1) is 3.57 Å². The van der Waals surface area contributed by atoms with Gasteiger partial charge in [0.05, 0.1) is 29.4 Å². The number of ether oxygens (including phenoxy) is 3. The lowest BCUT2D eigenvalue weighted by Crippen LogP contribution is -2.20. The number of aromatic nitrogens is 1. The number of halogens is 4. The first-order valence-electron chi connectivity index (χ1n) is 5.41. The van der Waals surface area contributed by atoms with Crippen LogP contribution in [0.1, 0.15) is 12.6 Å². The molecule has 112 valence electrons. The number of esters is 1. The lowest BCUT2D eigenvalue weighted by atomic mass is 10.2. The predicted octanol–water partition coefficient (Wildman–Crippen LogP) is 2.70. The molecule has 1 heterocycles. The minimum absolute atomic E-state index is 0.111. The van der Waals surface area contributed by atoms with Crippen LogP contribution in [-0.4, -0.2) is 31.0 Å². The molecule has 0 amide bonds. The molecule has 0 aliphatic carbocycles. The number of rotatable bonds is 5. The maximum atomic E-state index is 12.3. The van der Waals surface area contributed by atoms with Crippen LogP contribution in [0.15, 0.2) is 6.07 Å². The van der Waals surface area contributed by atoms with Gasteiger partial charge in [-0.3, -0.25) is 4.79 Å². The second-order valence-corrected chi connectivity index (χ2v) is 4.62. The Hall–Kier alpha value is -1.26. The summed E-state index contributed by atoms with van der Waals surface area (Å²) in [6.07, 6.45) is -5.31. The average Bonchev–Trinajstić information content (AvgIpc) is 2.30. The highest BCUT2D eigenvalue weighted by Crippen LogP contribution is 2.31. The molecule has 0 N–H and O–H groups in total. The van der Waals surface area contributed by atoms with Gasteiger partial charge in [0.1, 0.15) is 0 Å². The van der Waals surface area contributed by atoms with E-state index in [0.717, 1.165) is 6.07 Å². The van der Waals surface area contributed by atoms with E-state index in [1.165, 1.54) is 7.11 Å². The maximum absolute atomic E-state index is 12.3. The van der Waals surface area contributed by atoms with Gasteiger partial charge in [0.25, 0.3) is 0 Å². The summed E-state index contributed by atoms with van der Waals surface area (Å²) >= 11 is 1.75. The van der Waals surface area contributed by atoms with Crippen molar-refractivity contribution in [2.45, 2.75) is 19.7 Å². The molecule has 0 aromatic carbocycles. The fraction of sp³-hybridized carbons (Fsp3) is 0.455. The average molecular weight is 405 g/mol. The van der Waals surface area contributed by atoms with Gasteiger partial charge in [-0.2, -0.15) is 0 Å². The molecule has 0 radical (unpaired) electrons. The van der Waals surface area contributed by atoms with E-state index in [4.69, 9.17) is 4.74 Å². The van der Waals surface area contributed by atoms with Crippen molar-refractivity contribution in [3.8, 4) is 11.6 Å². The summed E-state index contributed by atoms with van der Waals surface area (Å²) in [5.74, 6) is -1.13. The third-order valence-corrected chi connectivity index (χ3v) is 2.79. The van der Waals surface area contributed by atoms with E-state index in [1.807, 2.05) is 0 Å². The van der Waals surface area contributed by atoms with Gasteiger partial charge in [-0.15, -0.1) is 13.2 Å². The summed E-state index contributed by atoms with van der Waals surface area (Å²) in [7, 11) is 1.32. The highest BCUT2D eigenvalue weighted by Gasteiger charge is 2.33. The molecule has 0 spiro atoms. The number of carbonyl (C=O) groups is 1. The molecule has 1 aromatic heterocycles. The number of hydrogen-bond donors (Lipinski definition) is 0. The molecule has 0 unspecified atom stereocenters. The van der Waals surface area contributed by atoms with Gasteiger partial charge in [-0.1, -0.05) is 0 Å². The standard InChI is InChI=1S/C11H11F3INO4/c1-3-19-9(17)5-7-8(20-11(12,13)14)4-6(15)10(16-7)18-2/h4H,3,5H2,1-2H3. The zero-order valence-corrected chi connectivity index (χ0v) is 12.7. The first-order valence-corrected chi connectivity index (χ1v) is 6.49. The zero-order chi connectivity index (χ0) is 15.3. The third kappa shape index (κ3) is 5.02. The fourth-order valence-corrected chi connectivity index (χ4v) is 1.95. The number of pyridine rings is 1. The first kappa shape index (κ1) is 16.8. The smallest absolute Gasteiger partial charge is 0.480 e. The van der Waals surface area contributed by atoms with Gasteiger partial charge in [-0.05, 0) is 29.5 Å². The largest absolute Gasteiger partial charge is 0.573 e. The summed E-state index contributed by atoms with van der Waals surface area (Å²) in [6, 6.07) is 1.11. The Morgan fingerprint density at radius 2 is 2.10 bits per heavy atom. The van der Waals surface area contributed by atoms with Crippen molar-refractivity contribution in [3.05, 3.63) is 15.3 Å². The van der Waals surface area contributed by atoms with E-state index in [1.54, 1.807) is 29.5 Å². The molecule has 20 heavy (non-hydrogen) atoms. The first-order chi connectivity index (χ1) is 9.26. The van der Waals surface area contributed by atoms with Crippen LogP contribution in [0.3, 0.4) is 0 Å². The van der Waals surface area contributed by atoms with Crippen LogP contribution in [0.5, 0.6) is 11.6 Å². The molecule has 1 aromatic rings. The van der Waals surface area contributed by atoms with Gasteiger partial charge in [0.15, 0.2) is 5.75 Å². The van der Waals surface area contributed by atoms with Crippen LogP contribution in [0.25, 0.3) is 0 Å². The van der Waals surface area contributed by atoms with Gasteiger partial charge in [0.2, 0.25) is 5.88 Å². The van der Waals surface area contributed by atoms with Crippen molar-refractivity contribution in [2.75, 3.05) is 13.7 Å². The van der Waals surface area contributed by atoms with Crippen molar-refractivity contribution < 1.29 is 32.2 Å². The summed E-state index contributed by atoms with van der Waals surface area (Å²) in [5, 5.41) is 0. The van der Waals surface area contributed by atoms with Gasteiger partial charge < -0.3 is 14.2 Å². The minimum Gasteiger partial charge on any atom is -0.480 e. The van der Waals surface area contributed by atoms with Crippen molar-refractivity contribution in [1.29, 1.82) is 0 Å². The van der Waals surface area contributed by atoms with E-state index in [0.29, 0.717) is 3.57 Å². The van der Waals surface area contributed by atoms with Crippen molar-refractivity contribution >= 4 is 28.6 Å². The fourth-order valence-electron chi connectivity index (χ4n) is 1.32. The molecule has 0 saturated heterocycles. The Balaban J connectivity index is 3.12. The molecule has 1 rings (SSSR count). The highest BCUT2D eigenvalue weighted by atomic mass is 127. The van der Waals surface area contributed by atoms with Crippen LogP contribution in [-0.2, 0) is 16.0 Å². The van der Waals surface area contributed by atoms with Crippen LogP contribution < -0.4 is 9.47 Å². The van der Waals surface area contributed by atoms with Crippen molar-refractivity contribution in [1.82, 2.24) is 4.98 Å². The van der Waals surface area contributed by atoms with E-state index in [2.05, 4.69) is 14.5 Å². The molecule has 0 aliphatic heterocycles. The van der Waals surface area contributed by atoms with Crippen LogP contribution in [0.2, 0.25) is 0 Å². The Labute approximate surface area is 126 Å². The Morgan fingerprint density at radius 3 is 2.60 bits per heavy atom. The van der Waals surface area contributed by atoms with Gasteiger partial charge in [-0.25, -0.2) is 4.98 Å². The lowest BCUT2D eigenvalue weighted by molar-refractivity contribution is -0.275. The monoisotopic (exact) mass is 405 g/mol.